The van der Waals surface area contributed by atoms with Crippen molar-refractivity contribution in [3.8, 4) is 22.6 Å². The van der Waals surface area contributed by atoms with E-state index in [1.165, 1.54) is 16.8 Å². The first-order valence-corrected chi connectivity index (χ1v) is 13.4. The molecular formula is C33H35N3O2. The van der Waals surface area contributed by atoms with Crippen molar-refractivity contribution < 1.29 is 9.47 Å². The summed E-state index contributed by atoms with van der Waals surface area (Å²) in [5.41, 5.74) is 5.62. The second-order valence-corrected chi connectivity index (χ2v) is 10.7. The first-order valence-electron chi connectivity index (χ1n) is 13.4. The number of hydrogen-bond donors (Lipinski definition) is 0. The van der Waals surface area contributed by atoms with Crippen LogP contribution < -0.4 is 19.3 Å². The third kappa shape index (κ3) is 3.34. The van der Waals surface area contributed by atoms with Gasteiger partial charge in [-0.1, -0.05) is 36.4 Å². The first-order chi connectivity index (χ1) is 18.3. The van der Waals surface area contributed by atoms with Crippen molar-refractivity contribution >= 4 is 34.0 Å². The highest BCUT2D eigenvalue weighted by atomic mass is 16.5. The van der Waals surface area contributed by atoms with Gasteiger partial charge < -0.3 is 19.3 Å². The number of aliphatic imine (C=N–C) groups is 1. The Morgan fingerprint density at radius 2 is 1.63 bits per heavy atom. The maximum absolute atomic E-state index is 7.08. The lowest BCUT2D eigenvalue weighted by atomic mass is 9.77. The van der Waals surface area contributed by atoms with Crippen LogP contribution in [-0.2, 0) is 5.41 Å². The number of ether oxygens (including phenoxy) is 2. The summed E-state index contributed by atoms with van der Waals surface area (Å²) in [5.74, 6) is 1.67. The lowest BCUT2D eigenvalue weighted by Crippen LogP contribution is -2.61. The molecule has 5 heteroatoms. The van der Waals surface area contributed by atoms with E-state index in [-0.39, 0.29) is 5.41 Å². The number of likely N-dealkylation sites (N-methyl/N-ethyl adjacent to an activating group) is 1. The SMILES string of the molecule is CCN(CC)c1ccc(-c2cc3c(c4ccccc24)OC2(C=N3)N(C)c3ccc(OC)cc3C2(C)C)cc1. The number of methoxy groups -OCH3 is 1. The fourth-order valence-electron chi connectivity index (χ4n) is 6.23. The Hall–Kier alpha value is -3.99. The first kappa shape index (κ1) is 24.4. The van der Waals surface area contributed by atoms with Crippen LogP contribution in [0.25, 0.3) is 21.9 Å². The zero-order chi connectivity index (χ0) is 26.7. The Labute approximate surface area is 225 Å². The van der Waals surface area contributed by atoms with E-state index in [1.807, 2.05) is 12.3 Å². The van der Waals surface area contributed by atoms with Crippen LogP contribution in [0.15, 0.2) is 77.8 Å². The van der Waals surface area contributed by atoms with E-state index in [1.54, 1.807) is 7.11 Å². The van der Waals surface area contributed by atoms with Crippen LogP contribution in [0.3, 0.4) is 0 Å². The van der Waals surface area contributed by atoms with Crippen LogP contribution in [0.4, 0.5) is 17.1 Å². The molecular weight excluding hydrogens is 470 g/mol. The molecule has 0 saturated carbocycles. The van der Waals surface area contributed by atoms with Crippen molar-refractivity contribution in [1.29, 1.82) is 0 Å². The molecule has 5 nitrogen and oxygen atoms in total. The predicted octanol–water partition coefficient (Wildman–Crippen LogP) is 7.58. The molecule has 2 aliphatic heterocycles. The average molecular weight is 506 g/mol. The number of hydrogen-bond acceptors (Lipinski definition) is 5. The second-order valence-electron chi connectivity index (χ2n) is 10.7. The van der Waals surface area contributed by atoms with Gasteiger partial charge >= 0.3 is 0 Å². The summed E-state index contributed by atoms with van der Waals surface area (Å²) in [6.07, 6.45) is 1.99. The summed E-state index contributed by atoms with van der Waals surface area (Å²) in [6.45, 7) is 10.8. The maximum Gasteiger partial charge on any atom is 0.228 e. The van der Waals surface area contributed by atoms with Crippen LogP contribution >= 0.6 is 0 Å². The number of rotatable bonds is 5. The highest BCUT2D eigenvalue weighted by molar-refractivity contribution is 6.05. The normalized spacial score (nSPS) is 18.8. The molecule has 0 aliphatic carbocycles. The van der Waals surface area contributed by atoms with Crippen molar-refractivity contribution in [1.82, 2.24) is 0 Å². The Balaban J connectivity index is 1.47. The smallest absolute Gasteiger partial charge is 0.228 e. The number of nitrogens with zero attached hydrogens (tertiary/aromatic N) is 3. The second kappa shape index (κ2) is 8.80. The molecule has 0 bridgehead atoms. The minimum atomic E-state index is -0.760. The van der Waals surface area contributed by atoms with E-state index in [9.17, 15) is 0 Å². The van der Waals surface area contributed by atoms with Gasteiger partial charge in [-0.25, -0.2) is 0 Å². The molecule has 0 amide bonds. The Morgan fingerprint density at radius 1 is 0.921 bits per heavy atom. The molecule has 0 radical (unpaired) electrons. The van der Waals surface area contributed by atoms with E-state index >= 15 is 0 Å². The standard InChI is InChI=1S/C33H35N3O2/c1-7-36(8-2)23-15-13-22(14-16-23)27-20-29-31(26-12-10-9-11-25(26)27)38-33(21-34-29)32(3,4)28-19-24(37-6)17-18-30(28)35(33)5/h9-21H,7-8H2,1-6H3. The molecule has 2 aliphatic rings. The molecule has 194 valence electrons. The van der Waals surface area contributed by atoms with Crippen molar-refractivity contribution in [2.75, 3.05) is 37.0 Å². The summed E-state index contributed by atoms with van der Waals surface area (Å²) in [5, 5.41) is 2.23. The molecule has 6 rings (SSSR count). The van der Waals surface area contributed by atoms with Crippen LogP contribution in [-0.4, -0.2) is 39.2 Å². The number of benzene rings is 4. The third-order valence-corrected chi connectivity index (χ3v) is 8.55. The molecule has 4 aromatic rings. The van der Waals surface area contributed by atoms with Crippen LogP contribution in [0, 0.1) is 0 Å². The van der Waals surface area contributed by atoms with E-state index < -0.39 is 5.72 Å². The average Bonchev–Trinajstić information content (AvgIpc) is 3.11. The van der Waals surface area contributed by atoms with Crippen molar-refractivity contribution in [3.05, 3.63) is 78.4 Å². The number of fused-ring (bicyclic) bond motifs is 4. The highest BCUT2D eigenvalue weighted by Gasteiger charge is 2.58. The summed E-state index contributed by atoms with van der Waals surface area (Å²) in [7, 11) is 3.80. The molecule has 38 heavy (non-hydrogen) atoms. The van der Waals surface area contributed by atoms with E-state index in [0.29, 0.717) is 0 Å². The lowest BCUT2D eigenvalue weighted by molar-refractivity contribution is 0.0842. The fraction of sp³-hybridized carbons (Fsp3) is 0.303. The lowest BCUT2D eigenvalue weighted by Gasteiger charge is -2.45. The molecule has 0 saturated heterocycles. The summed E-state index contributed by atoms with van der Waals surface area (Å²) in [4.78, 5) is 9.65. The molecule has 4 aromatic carbocycles. The van der Waals surface area contributed by atoms with Crippen molar-refractivity contribution in [2.24, 2.45) is 4.99 Å². The zero-order valence-electron chi connectivity index (χ0n) is 23.1. The van der Waals surface area contributed by atoms with Crippen LogP contribution in [0.2, 0.25) is 0 Å². The largest absolute Gasteiger partial charge is 0.497 e. The van der Waals surface area contributed by atoms with E-state index in [0.717, 1.165) is 52.3 Å². The summed E-state index contributed by atoms with van der Waals surface area (Å²) >= 11 is 0. The molecule has 1 spiro atoms. The molecule has 0 N–H and O–H groups in total. The molecule has 2 heterocycles. The van der Waals surface area contributed by atoms with Gasteiger partial charge in [0.2, 0.25) is 5.72 Å². The monoisotopic (exact) mass is 505 g/mol. The molecule has 0 aromatic heterocycles. The zero-order valence-corrected chi connectivity index (χ0v) is 23.1. The Morgan fingerprint density at radius 3 is 2.32 bits per heavy atom. The summed E-state index contributed by atoms with van der Waals surface area (Å²) < 4.78 is 12.6. The minimum Gasteiger partial charge on any atom is -0.497 e. The quantitative estimate of drug-likeness (QED) is 0.280. The van der Waals surface area contributed by atoms with Gasteiger partial charge in [-0.2, -0.15) is 0 Å². The number of anilines is 2. The Bertz CT molecular complexity index is 1550. The third-order valence-electron chi connectivity index (χ3n) is 8.55. The van der Waals surface area contributed by atoms with E-state index in [2.05, 4.69) is 111 Å². The van der Waals surface area contributed by atoms with Gasteiger partial charge in [0.25, 0.3) is 0 Å². The van der Waals surface area contributed by atoms with Gasteiger partial charge in [-0.3, -0.25) is 4.99 Å². The fourth-order valence-corrected chi connectivity index (χ4v) is 6.23. The molecule has 0 fully saturated rings. The van der Waals surface area contributed by atoms with Crippen LogP contribution in [0.1, 0.15) is 33.3 Å². The van der Waals surface area contributed by atoms with Gasteiger partial charge in [0.1, 0.15) is 11.4 Å². The van der Waals surface area contributed by atoms with Gasteiger partial charge in [0.05, 0.1) is 18.7 Å². The van der Waals surface area contributed by atoms with Gasteiger partial charge in [-0.05, 0) is 86.2 Å². The van der Waals surface area contributed by atoms with Gasteiger partial charge in [-0.15, -0.1) is 0 Å². The minimum absolute atomic E-state index is 0.368. The topological polar surface area (TPSA) is 37.3 Å². The van der Waals surface area contributed by atoms with Crippen molar-refractivity contribution in [3.63, 3.8) is 0 Å². The predicted molar refractivity (Wildman–Crippen MR) is 159 cm³/mol. The van der Waals surface area contributed by atoms with E-state index in [4.69, 9.17) is 14.5 Å². The molecule has 1 atom stereocenters. The Kier molecular flexibility index (Phi) is 5.64. The van der Waals surface area contributed by atoms with Gasteiger partial charge in [0, 0.05) is 36.9 Å². The van der Waals surface area contributed by atoms with Crippen LogP contribution in [0.5, 0.6) is 11.5 Å². The highest BCUT2D eigenvalue weighted by Crippen LogP contribution is 2.55. The molecule has 1 unspecified atom stereocenters. The van der Waals surface area contributed by atoms with Crippen molar-refractivity contribution in [2.45, 2.75) is 38.8 Å². The summed E-state index contributed by atoms with van der Waals surface area (Å²) in [6, 6.07) is 25.8. The van der Waals surface area contributed by atoms with Gasteiger partial charge in [0.15, 0.2) is 5.75 Å². The maximum atomic E-state index is 7.08.